The molecule has 1 aromatic carbocycles. The molecule has 138 valence electrons. The molecule has 2 atom stereocenters. The third-order valence-electron chi connectivity index (χ3n) is 4.34. The molecule has 1 aliphatic heterocycles. The number of carboxylic acid groups (broad SMARTS) is 1. The molecule has 2 rings (SSSR count). The maximum absolute atomic E-state index is 12.0. The lowest BCUT2D eigenvalue weighted by Gasteiger charge is -2.13. The Hall–Kier alpha value is -1.97. The topological polar surface area (TPSA) is 116 Å². The van der Waals surface area contributed by atoms with Crippen molar-refractivity contribution in [3.63, 3.8) is 0 Å². The van der Waals surface area contributed by atoms with Gasteiger partial charge in [-0.3, -0.25) is 14.5 Å². The molecular formula is C16H23N3O5S. The SMILES string of the molecule is CNS(=O)(=O)c1ccc(CCC(=O)N[C@H]2C[C@@H](C(=O)O)N(C)C2)cc1. The quantitative estimate of drug-likeness (QED) is 0.613. The predicted octanol–water partition coefficient (Wildman–Crippen LogP) is -0.199. The average molecular weight is 369 g/mol. The third kappa shape index (κ3) is 5.00. The van der Waals surface area contributed by atoms with Gasteiger partial charge in [-0.05, 0) is 44.6 Å². The van der Waals surface area contributed by atoms with Gasteiger partial charge in [0.05, 0.1) is 4.90 Å². The maximum Gasteiger partial charge on any atom is 0.320 e. The van der Waals surface area contributed by atoms with E-state index < -0.39 is 22.0 Å². The number of sulfonamides is 1. The van der Waals surface area contributed by atoms with Crippen LogP contribution in [0.1, 0.15) is 18.4 Å². The minimum atomic E-state index is -3.46. The van der Waals surface area contributed by atoms with Gasteiger partial charge >= 0.3 is 5.97 Å². The maximum atomic E-state index is 12.0. The van der Waals surface area contributed by atoms with Gasteiger partial charge in [-0.15, -0.1) is 0 Å². The number of amides is 1. The van der Waals surface area contributed by atoms with Crippen molar-refractivity contribution in [2.24, 2.45) is 0 Å². The number of hydrogen-bond acceptors (Lipinski definition) is 5. The number of carbonyl (C=O) groups excluding carboxylic acids is 1. The molecule has 1 heterocycles. The normalized spacial score (nSPS) is 21.2. The van der Waals surface area contributed by atoms with E-state index in [4.69, 9.17) is 5.11 Å². The number of nitrogens with one attached hydrogen (secondary N) is 2. The zero-order chi connectivity index (χ0) is 18.6. The van der Waals surface area contributed by atoms with Crippen molar-refractivity contribution in [2.75, 3.05) is 20.6 Å². The minimum absolute atomic E-state index is 0.142. The summed E-state index contributed by atoms with van der Waals surface area (Å²) in [6, 6.07) is 5.64. The largest absolute Gasteiger partial charge is 0.480 e. The molecule has 8 nitrogen and oxygen atoms in total. The van der Waals surface area contributed by atoms with Crippen molar-refractivity contribution >= 4 is 21.9 Å². The minimum Gasteiger partial charge on any atom is -0.480 e. The highest BCUT2D eigenvalue weighted by molar-refractivity contribution is 7.89. The van der Waals surface area contributed by atoms with E-state index in [2.05, 4.69) is 10.0 Å². The highest BCUT2D eigenvalue weighted by atomic mass is 32.2. The van der Waals surface area contributed by atoms with Gasteiger partial charge < -0.3 is 10.4 Å². The highest BCUT2D eigenvalue weighted by Crippen LogP contribution is 2.16. The van der Waals surface area contributed by atoms with Gasteiger partial charge in [-0.2, -0.15) is 0 Å². The number of carboxylic acids is 1. The summed E-state index contributed by atoms with van der Waals surface area (Å²) < 4.78 is 25.5. The Morgan fingerprint density at radius 2 is 1.92 bits per heavy atom. The Kier molecular flexibility index (Phi) is 6.15. The highest BCUT2D eigenvalue weighted by Gasteiger charge is 2.34. The second kappa shape index (κ2) is 7.94. The molecule has 0 bridgehead atoms. The fourth-order valence-corrected chi connectivity index (χ4v) is 3.63. The summed E-state index contributed by atoms with van der Waals surface area (Å²) in [6.07, 6.45) is 1.14. The third-order valence-corrected chi connectivity index (χ3v) is 5.77. The molecule has 0 saturated carbocycles. The van der Waals surface area contributed by atoms with Gasteiger partial charge in [0.2, 0.25) is 15.9 Å². The van der Waals surface area contributed by atoms with Gasteiger partial charge in [0.1, 0.15) is 6.04 Å². The van der Waals surface area contributed by atoms with E-state index in [1.54, 1.807) is 24.1 Å². The average Bonchev–Trinajstić information content (AvgIpc) is 2.94. The number of aryl methyl sites for hydroxylation is 1. The second-order valence-corrected chi connectivity index (χ2v) is 8.03. The lowest BCUT2D eigenvalue weighted by molar-refractivity contribution is -0.141. The monoisotopic (exact) mass is 369 g/mol. The van der Waals surface area contributed by atoms with E-state index in [-0.39, 0.29) is 23.3 Å². The van der Waals surface area contributed by atoms with Crippen LogP contribution in [0.15, 0.2) is 29.2 Å². The van der Waals surface area contributed by atoms with Crippen LogP contribution in [0.3, 0.4) is 0 Å². The van der Waals surface area contributed by atoms with Crippen molar-refractivity contribution in [1.29, 1.82) is 0 Å². The number of hydrogen-bond donors (Lipinski definition) is 3. The number of nitrogens with zero attached hydrogens (tertiary/aromatic N) is 1. The molecule has 0 spiro atoms. The zero-order valence-electron chi connectivity index (χ0n) is 14.2. The van der Waals surface area contributed by atoms with Crippen molar-refractivity contribution in [3.8, 4) is 0 Å². The molecule has 0 aromatic heterocycles. The Labute approximate surface area is 147 Å². The first-order valence-corrected chi connectivity index (χ1v) is 9.46. The zero-order valence-corrected chi connectivity index (χ0v) is 15.0. The van der Waals surface area contributed by atoms with Crippen LogP contribution in [0.25, 0.3) is 0 Å². The number of carbonyl (C=O) groups is 2. The lowest BCUT2D eigenvalue weighted by atomic mass is 10.1. The standard InChI is InChI=1S/C16H23N3O5S/c1-17-25(23,24)13-6-3-11(4-7-13)5-8-15(20)18-12-9-14(16(21)22)19(2)10-12/h3-4,6-7,12,14,17H,5,8-10H2,1-2H3,(H,18,20)(H,21,22)/t12-,14-/m0/s1. The molecule has 0 unspecified atom stereocenters. The number of aliphatic carboxylic acids is 1. The van der Waals surface area contributed by atoms with Crippen LogP contribution >= 0.6 is 0 Å². The fourth-order valence-electron chi connectivity index (χ4n) is 2.90. The van der Waals surface area contributed by atoms with Gasteiger partial charge in [0.25, 0.3) is 0 Å². The van der Waals surface area contributed by atoms with Crippen LogP contribution < -0.4 is 10.0 Å². The Morgan fingerprint density at radius 1 is 1.28 bits per heavy atom. The summed E-state index contributed by atoms with van der Waals surface area (Å²) in [6.45, 7) is 0.513. The Balaban J connectivity index is 1.84. The summed E-state index contributed by atoms with van der Waals surface area (Å²) >= 11 is 0. The molecule has 3 N–H and O–H groups in total. The van der Waals surface area contributed by atoms with Crippen LogP contribution in [0.5, 0.6) is 0 Å². The summed E-state index contributed by atoms with van der Waals surface area (Å²) in [4.78, 5) is 25.0. The lowest BCUT2D eigenvalue weighted by Crippen LogP contribution is -2.36. The van der Waals surface area contributed by atoms with Crippen LogP contribution in [-0.2, 0) is 26.0 Å². The number of likely N-dealkylation sites (tertiary alicyclic amines) is 1. The van der Waals surface area contributed by atoms with E-state index in [0.29, 0.717) is 19.4 Å². The van der Waals surface area contributed by atoms with E-state index in [1.807, 2.05) is 0 Å². The summed E-state index contributed by atoms with van der Waals surface area (Å²) in [5.41, 5.74) is 0.858. The molecule has 1 amide bonds. The van der Waals surface area contributed by atoms with E-state index in [1.165, 1.54) is 19.2 Å². The molecular weight excluding hydrogens is 346 g/mol. The molecule has 0 aliphatic carbocycles. The van der Waals surface area contributed by atoms with Crippen molar-refractivity contribution in [1.82, 2.24) is 14.9 Å². The predicted molar refractivity (Wildman–Crippen MR) is 91.6 cm³/mol. The first kappa shape index (κ1) is 19.4. The van der Waals surface area contributed by atoms with Gasteiger partial charge in [-0.1, -0.05) is 12.1 Å². The molecule has 1 saturated heterocycles. The summed E-state index contributed by atoms with van der Waals surface area (Å²) in [5.74, 6) is -1.02. The fraction of sp³-hybridized carbons (Fsp3) is 0.500. The number of likely N-dealkylation sites (N-methyl/N-ethyl adjacent to an activating group) is 1. The van der Waals surface area contributed by atoms with Crippen LogP contribution in [0, 0.1) is 0 Å². The smallest absolute Gasteiger partial charge is 0.320 e. The van der Waals surface area contributed by atoms with Gasteiger partial charge in [-0.25, -0.2) is 13.1 Å². The molecule has 0 radical (unpaired) electrons. The van der Waals surface area contributed by atoms with Gasteiger partial charge in [0.15, 0.2) is 0 Å². The molecule has 1 aliphatic rings. The van der Waals surface area contributed by atoms with E-state index >= 15 is 0 Å². The van der Waals surface area contributed by atoms with Crippen LogP contribution in [-0.4, -0.2) is 63.0 Å². The number of rotatable bonds is 7. The van der Waals surface area contributed by atoms with Crippen molar-refractivity contribution in [2.45, 2.75) is 36.2 Å². The summed E-state index contributed by atoms with van der Waals surface area (Å²) in [7, 11) is -0.383. The van der Waals surface area contributed by atoms with Crippen molar-refractivity contribution in [3.05, 3.63) is 29.8 Å². The molecule has 1 fully saturated rings. The van der Waals surface area contributed by atoms with Crippen LogP contribution in [0.4, 0.5) is 0 Å². The summed E-state index contributed by atoms with van der Waals surface area (Å²) in [5, 5.41) is 11.9. The van der Waals surface area contributed by atoms with E-state index in [0.717, 1.165) is 5.56 Å². The van der Waals surface area contributed by atoms with Crippen LogP contribution in [0.2, 0.25) is 0 Å². The molecule has 9 heteroatoms. The second-order valence-electron chi connectivity index (χ2n) is 6.15. The molecule has 1 aromatic rings. The first-order chi connectivity index (χ1) is 11.7. The van der Waals surface area contributed by atoms with E-state index in [9.17, 15) is 18.0 Å². The molecule has 25 heavy (non-hydrogen) atoms. The van der Waals surface area contributed by atoms with Gasteiger partial charge in [0, 0.05) is 19.0 Å². The van der Waals surface area contributed by atoms with Crippen molar-refractivity contribution < 1.29 is 23.1 Å². The Bertz CT molecular complexity index is 733. The Morgan fingerprint density at radius 3 is 2.44 bits per heavy atom. The number of benzene rings is 1. The first-order valence-electron chi connectivity index (χ1n) is 7.98.